The first-order valence-electron chi connectivity index (χ1n) is 11.6. The lowest BCUT2D eigenvalue weighted by Gasteiger charge is -2.14. The first kappa shape index (κ1) is 26.1. The number of aromatic nitrogens is 1. The molecule has 9 heteroatoms. The van der Waals surface area contributed by atoms with Gasteiger partial charge in [-0.1, -0.05) is 55.0 Å². The van der Waals surface area contributed by atoms with Gasteiger partial charge in [-0.2, -0.15) is 0 Å². The zero-order valence-corrected chi connectivity index (χ0v) is 21.9. The Morgan fingerprint density at radius 2 is 1.70 bits per heavy atom. The summed E-state index contributed by atoms with van der Waals surface area (Å²) in [6.07, 6.45) is 0.593. The highest BCUT2D eigenvalue weighted by Crippen LogP contribution is 2.30. The minimum absolute atomic E-state index is 0.0685. The van der Waals surface area contributed by atoms with Gasteiger partial charge in [0.05, 0.1) is 22.1 Å². The van der Waals surface area contributed by atoms with Crippen molar-refractivity contribution >= 4 is 51.7 Å². The fraction of sp³-hybridized carbons (Fsp3) is 0.143. The second-order valence-electron chi connectivity index (χ2n) is 8.24. The summed E-state index contributed by atoms with van der Waals surface area (Å²) in [5, 5.41) is 17.1. The molecule has 0 aliphatic rings. The number of carboxylic acids is 1. The maximum absolute atomic E-state index is 13.0. The first-order valence-corrected chi connectivity index (χ1v) is 13.3. The quantitative estimate of drug-likeness (QED) is 0.211. The number of aromatic carboxylic acids is 1. The Morgan fingerprint density at radius 1 is 0.973 bits per heavy atom. The van der Waals surface area contributed by atoms with Gasteiger partial charge in [0, 0.05) is 21.5 Å². The number of thioether (sulfide) groups is 1. The van der Waals surface area contributed by atoms with E-state index in [-0.39, 0.29) is 22.3 Å². The van der Waals surface area contributed by atoms with Crippen LogP contribution in [0.3, 0.4) is 0 Å². The molecule has 4 rings (SSSR count). The number of amides is 2. The first-order chi connectivity index (χ1) is 17.8. The number of benzene rings is 3. The van der Waals surface area contributed by atoms with Crippen molar-refractivity contribution in [1.29, 1.82) is 0 Å². The molecule has 0 fully saturated rings. The Morgan fingerprint density at radius 3 is 2.41 bits per heavy atom. The average molecular weight is 532 g/mol. The summed E-state index contributed by atoms with van der Waals surface area (Å²) in [7, 11) is 0. The lowest BCUT2D eigenvalue weighted by atomic mass is 10.1. The van der Waals surface area contributed by atoms with Crippen LogP contribution in [0, 0.1) is 6.92 Å². The number of rotatable bonds is 9. The van der Waals surface area contributed by atoms with Gasteiger partial charge in [0.2, 0.25) is 5.91 Å². The highest BCUT2D eigenvalue weighted by atomic mass is 32.2. The molecule has 0 aliphatic carbocycles. The summed E-state index contributed by atoms with van der Waals surface area (Å²) in [5.41, 5.74) is 3.49. The van der Waals surface area contributed by atoms with Crippen LogP contribution in [0.15, 0.2) is 83.1 Å². The zero-order valence-electron chi connectivity index (χ0n) is 20.2. The fourth-order valence-corrected chi connectivity index (χ4v) is 5.31. The number of nitrogens with zero attached hydrogens (tertiary/aromatic N) is 1. The number of anilines is 2. The van der Waals surface area contributed by atoms with E-state index in [0.717, 1.165) is 16.2 Å². The number of carbonyl (C=O) groups is 3. The van der Waals surface area contributed by atoms with Gasteiger partial charge < -0.3 is 15.7 Å². The summed E-state index contributed by atoms with van der Waals surface area (Å²) < 4.78 is 0. The van der Waals surface area contributed by atoms with Gasteiger partial charge in [0.1, 0.15) is 0 Å². The molecule has 0 radical (unpaired) electrons. The van der Waals surface area contributed by atoms with E-state index in [0.29, 0.717) is 17.2 Å². The van der Waals surface area contributed by atoms with Crippen molar-refractivity contribution in [1.82, 2.24) is 4.98 Å². The number of hydrogen-bond acceptors (Lipinski definition) is 6. The molecular formula is C28H25N3O4S2. The van der Waals surface area contributed by atoms with E-state index in [1.807, 2.05) is 49.6 Å². The SMILES string of the molecule is CCC(Sc1cccc(NC(=O)c2ccccc2C(=O)O)c1)C(=O)Nc1nc(-c2ccc(C)cc2)cs1. The summed E-state index contributed by atoms with van der Waals surface area (Å²) in [5.74, 6) is -1.83. The normalized spacial score (nSPS) is 11.5. The van der Waals surface area contributed by atoms with E-state index in [1.54, 1.807) is 30.3 Å². The lowest BCUT2D eigenvalue weighted by molar-refractivity contribution is -0.115. The molecule has 3 aromatic carbocycles. The number of thiazole rings is 1. The smallest absolute Gasteiger partial charge is 0.336 e. The Bertz CT molecular complexity index is 1430. The molecule has 188 valence electrons. The molecule has 2 amide bonds. The topological polar surface area (TPSA) is 108 Å². The van der Waals surface area contributed by atoms with Crippen LogP contribution in [0.5, 0.6) is 0 Å². The molecular weight excluding hydrogens is 506 g/mol. The molecule has 0 saturated carbocycles. The van der Waals surface area contributed by atoms with Crippen molar-refractivity contribution in [2.75, 3.05) is 10.6 Å². The molecule has 0 aliphatic heterocycles. The Balaban J connectivity index is 1.41. The van der Waals surface area contributed by atoms with Crippen molar-refractivity contribution in [3.05, 3.63) is 94.9 Å². The minimum atomic E-state index is -1.17. The van der Waals surface area contributed by atoms with E-state index in [9.17, 15) is 19.5 Å². The highest BCUT2D eigenvalue weighted by Gasteiger charge is 2.20. The fourth-order valence-electron chi connectivity index (χ4n) is 3.57. The van der Waals surface area contributed by atoms with E-state index in [1.165, 1.54) is 40.8 Å². The Kier molecular flexibility index (Phi) is 8.37. The van der Waals surface area contributed by atoms with Crippen molar-refractivity contribution in [2.45, 2.75) is 30.4 Å². The molecule has 0 bridgehead atoms. The number of carbonyl (C=O) groups excluding carboxylic acids is 2. The van der Waals surface area contributed by atoms with Crippen molar-refractivity contribution < 1.29 is 19.5 Å². The van der Waals surface area contributed by atoms with E-state index < -0.39 is 11.9 Å². The van der Waals surface area contributed by atoms with Crippen LogP contribution in [0.4, 0.5) is 10.8 Å². The van der Waals surface area contributed by atoms with Crippen molar-refractivity contribution in [3.63, 3.8) is 0 Å². The number of aryl methyl sites for hydroxylation is 1. The second-order valence-corrected chi connectivity index (χ2v) is 10.4. The number of hydrogen-bond donors (Lipinski definition) is 3. The summed E-state index contributed by atoms with van der Waals surface area (Å²) in [6, 6.07) is 21.2. The molecule has 7 nitrogen and oxygen atoms in total. The number of nitrogens with one attached hydrogen (secondary N) is 2. The third kappa shape index (κ3) is 6.63. The van der Waals surface area contributed by atoms with Crippen molar-refractivity contribution in [2.24, 2.45) is 0 Å². The average Bonchev–Trinajstić information content (AvgIpc) is 3.36. The Hall–Kier alpha value is -3.95. The molecule has 0 spiro atoms. The van der Waals surface area contributed by atoms with Gasteiger partial charge in [-0.3, -0.25) is 9.59 Å². The van der Waals surface area contributed by atoms with Gasteiger partial charge >= 0.3 is 5.97 Å². The molecule has 1 atom stereocenters. The summed E-state index contributed by atoms with van der Waals surface area (Å²) in [6.45, 7) is 3.96. The third-order valence-corrected chi connectivity index (χ3v) is 7.63. The third-order valence-electron chi connectivity index (χ3n) is 5.52. The molecule has 4 aromatic rings. The Labute approximate surface area is 223 Å². The van der Waals surface area contributed by atoms with Crippen LogP contribution in [0.2, 0.25) is 0 Å². The van der Waals surface area contributed by atoms with E-state index in [4.69, 9.17) is 0 Å². The van der Waals surface area contributed by atoms with E-state index >= 15 is 0 Å². The molecule has 1 unspecified atom stereocenters. The standard InChI is InChI=1S/C28H25N3O4S2/c1-3-24(26(33)31-28-30-23(16-36-28)18-13-11-17(2)12-14-18)37-20-8-6-7-19(15-20)29-25(32)21-9-4-5-10-22(21)27(34)35/h4-16,24H,3H2,1-2H3,(H,29,32)(H,34,35)(H,30,31,33). The molecule has 37 heavy (non-hydrogen) atoms. The minimum Gasteiger partial charge on any atom is -0.478 e. The maximum atomic E-state index is 13.0. The molecule has 1 aromatic heterocycles. The monoisotopic (exact) mass is 531 g/mol. The van der Waals surface area contributed by atoms with Gasteiger partial charge in [0.25, 0.3) is 5.91 Å². The van der Waals surface area contributed by atoms with Gasteiger partial charge in [-0.15, -0.1) is 23.1 Å². The van der Waals surface area contributed by atoms with Crippen LogP contribution in [-0.4, -0.2) is 33.1 Å². The second kappa shape index (κ2) is 11.9. The predicted octanol–water partition coefficient (Wildman–Crippen LogP) is 6.58. The molecule has 3 N–H and O–H groups in total. The van der Waals surface area contributed by atoms with Crippen LogP contribution in [0.25, 0.3) is 11.3 Å². The van der Waals surface area contributed by atoms with Crippen LogP contribution >= 0.6 is 23.1 Å². The zero-order chi connectivity index (χ0) is 26.4. The lowest BCUT2D eigenvalue weighted by Crippen LogP contribution is -2.24. The summed E-state index contributed by atoms with van der Waals surface area (Å²) in [4.78, 5) is 42.5. The van der Waals surface area contributed by atoms with Gasteiger partial charge in [0.15, 0.2) is 5.13 Å². The predicted molar refractivity (Wildman–Crippen MR) is 149 cm³/mol. The van der Waals surface area contributed by atoms with Crippen molar-refractivity contribution in [3.8, 4) is 11.3 Å². The molecule has 0 saturated heterocycles. The van der Waals surface area contributed by atoms with Gasteiger partial charge in [-0.25, -0.2) is 9.78 Å². The van der Waals surface area contributed by atoms with Crippen LogP contribution in [-0.2, 0) is 4.79 Å². The van der Waals surface area contributed by atoms with E-state index in [2.05, 4.69) is 15.6 Å². The highest BCUT2D eigenvalue weighted by molar-refractivity contribution is 8.00. The summed E-state index contributed by atoms with van der Waals surface area (Å²) >= 11 is 2.77. The van der Waals surface area contributed by atoms with Crippen LogP contribution < -0.4 is 10.6 Å². The molecule has 1 heterocycles. The number of carboxylic acid groups (broad SMARTS) is 1. The van der Waals surface area contributed by atoms with Gasteiger partial charge in [-0.05, 0) is 43.7 Å². The maximum Gasteiger partial charge on any atom is 0.336 e. The largest absolute Gasteiger partial charge is 0.478 e. The van der Waals surface area contributed by atoms with Crippen LogP contribution in [0.1, 0.15) is 39.6 Å².